The third-order valence-corrected chi connectivity index (χ3v) is 10.4. The van der Waals surface area contributed by atoms with Crippen molar-refractivity contribution in [2.75, 3.05) is 4.90 Å². The van der Waals surface area contributed by atoms with Crippen molar-refractivity contribution >= 4 is 70.9 Å². The van der Waals surface area contributed by atoms with E-state index in [-0.39, 0.29) is 0 Å². The molecule has 0 aliphatic heterocycles. The van der Waals surface area contributed by atoms with E-state index in [4.69, 9.17) is 0 Å². The zero-order valence-electron chi connectivity index (χ0n) is 28.0. The Labute approximate surface area is 297 Å². The van der Waals surface area contributed by atoms with E-state index >= 15 is 0 Å². The van der Waals surface area contributed by atoms with Crippen LogP contribution in [0.15, 0.2) is 200 Å². The van der Waals surface area contributed by atoms with Crippen molar-refractivity contribution in [3.63, 3.8) is 0 Å². The summed E-state index contributed by atoms with van der Waals surface area (Å²) in [5, 5.41) is 12.5. The van der Waals surface area contributed by atoms with Gasteiger partial charge in [-0.2, -0.15) is 0 Å². The van der Waals surface area contributed by atoms with Crippen molar-refractivity contribution < 1.29 is 0 Å². The van der Waals surface area contributed by atoms with Crippen molar-refractivity contribution in [1.29, 1.82) is 0 Å². The Hall–Kier alpha value is -6.70. The molecule has 0 saturated carbocycles. The minimum absolute atomic E-state index is 1.11. The van der Waals surface area contributed by atoms with E-state index in [1.807, 2.05) is 0 Å². The molecule has 0 saturated heterocycles. The average molecular weight is 648 g/mol. The number of rotatable bonds is 5. The second-order valence-electron chi connectivity index (χ2n) is 13.3. The smallest absolute Gasteiger partial charge is 0.0625 e. The number of hydrogen-bond acceptors (Lipinski definition) is 1. The first-order valence-electron chi connectivity index (χ1n) is 17.6. The molecule has 0 spiro atoms. The summed E-state index contributed by atoms with van der Waals surface area (Å²) in [5.41, 5.74) is 8.29. The molecular formula is C50H33N. The van der Waals surface area contributed by atoms with Gasteiger partial charge in [0.1, 0.15) is 0 Å². The van der Waals surface area contributed by atoms with Gasteiger partial charge < -0.3 is 4.90 Å². The van der Waals surface area contributed by atoms with E-state index < -0.39 is 0 Å². The van der Waals surface area contributed by atoms with E-state index in [2.05, 4.69) is 205 Å². The van der Waals surface area contributed by atoms with Gasteiger partial charge in [-0.05, 0) is 84.0 Å². The summed E-state index contributed by atoms with van der Waals surface area (Å²) in [4.78, 5) is 2.50. The minimum atomic E-state index is 1.11. The predicted molar refractivity (Wildman–Crippen MR) is 220 cm³/mol. The lowest BCUT2D eigenvalue weighted by Gasteiger charge is -2.31. The van der Waals surface area contributed by atoms with Crippen LogP contribution in [0.3, 0.4) is 0 Å². The Balaban J connectivity index is 1.28. The van der Waals surface area contributed by atoms with Crippen molar-refractivity contribution in [3.8, 4) is 22.3 Å². The van der Waals surface area contributed by atoms with Crippen molar-refractivity contribution in [3.05, 3.63) is 200 Å². The standard InChI is InChI=1S/C50H33N/c1-2-16-36(17-3-1)49-45-26-12-10-23-42(45)43-24-11-13-27-46(43)50(49)51(48-28-14-19-34-15-4-7-21-40(34)48)38-31-29-35(30-32-38)47-33-37-18-5-6-20-39(37)41-22-8-9-25-44(41)47/h1-33H. The van der Waals surface area contributed by atoms with Gasteiger partial charge in [0.2, 0.25) is 0 Å². The van der Waals surface area contributed by atoms with Gasteiger partial charge in [-0.3, -0.25) is 0 Å². The highest BCUT2D eigenvalue weighted by atomic mass is 15.1. The van der Waals surface area contributed by atoms with Crippen molar-refractivity contribution in [2.45, 2.75) is 0 Å². The second kappa shape index (κ2) is 12.0. The van der Waals surface area contributed by atoms with Gasteiger partial charge in [-0.25, -0.2) is 0 Å². The average Bonchev–Trinajstić information content (AvgIpc) is 3.21. The summed E-state index contributed by atoms with van der Waals surface area (Å²) in [7, 11) is 0. The van der Waals surface area contributed by atoms with Gasteiger partial charge in [-0.15, -0.1) is 0 Å². The summed E-state index contributed by atoms with van der Waals surface area (Å²) in [6.45, 7) is 0. The highest BCUT2D eigenvalue weighted by Gasteiger charge is 2.24. The Morgan fingerprint density at radius 1 is 0.294 bits per heavy atom. The zero-order valence-corrected chi connectivity index (χ0v) is 28.0. The van der Waals surface area contributed by atoms with Gasteiger partial charge in [0.05, 0.1) is 11.4 Å². The summed E-state index contributed by atoms with van der Waals surface area (Å²) >= 11 is 0. The summed E-state index contributed by atoms with van der Waals surface area (Å²) in [6.07, 6.45) is 0. The zero-order chi connectivity index (χ0) is 33.7. The SMILES string of the molecule is c1ccc(-c2c(N(c3ccc(-c4cc5ccccc5c5ccccc45)cc3)c3cccc4ccccc34)c3ccccc3c3ccccc23)cc1. The third kappa shape index (κ3) is 4.78. The van der Waals surface area contributed by atoms with Crippen molar-refractivity contribution in [1.82, 2.24) is 0 Å². The van der Waals surface area contributed by atoms with E-state index in [0.29, 0.717) is 0 Å². The molecule has 0 aromatic heterocycles. The lowest BCUT2D eigenvalue weighted by atomic mass is 9.89. The van der Waals surface area contributed by atoms with Crippen LogP contribution in [-0.2, 0) is 0 Å². The monoisotopic (exact) mass is 647 g/mol. The quantitative estimate of drug-likeness (QED) is 0.168. The van der Waals surface area contributed by atoms with Crippen LogP contribution in [0.2, 0.25) is 0 Å². The van der Waals surface area contributed by atoms with Crippen LogP contribution in [0.1, 0.15) is 0 Å². The second-order valence-corrected chi connectivity index (χ2v) is 13.3. The molecule has 10 rings (SSSR count). The Morgan fingerprint density at radius 3 is 1.53 bits per heavy atom. The largest absolute Gasteiger partial charge is 0.309 e. The van der Waals surface area contributed by atoms with E-state index in [9.17, 15) is 0 Å². The number of hydrogen-bond donors (Lipinski definition) is 0. The number of benzene rings is 10. The first kappa shape index (κ1) is 29.2. The van der Waals surface area contributed by atoms with Gasteiger partial charge in [-0.1, -0.05) is 176 Å². The number of nitrogens with zero attached hydrogens (tertiary/aromatic N) is 1. The van der Waals surface area contributed by atoms with Crippen molar-refractivity contribution in [2.24, 2.45) is 0 Å². The molecule has 1 nitrogen and oxygen atoms in total. The minimum Gasteiger partial charge on any atom is -0.309 e. The predicted octanol–water partition coefficient (Wildman–Crippen LogP) is 14.3. The van der Waals surface area contributed by atoms with Crippen LogP contribution in [0.25, 0.3) is 76.1 Å². The maximum absolute atomic E-state index is 2.50. The van der Waals surface area contributed by atoms with Crippen LogP contribution in [0.4, 0.5) is 17.1 Å². The van der Waals surface area contributed by atoms with E-state index in [1.54, 1.807) is 0 Å². The fourth-order valence-electron chi connectivity index (χ4n) is 8.13. The van der Waals surface area contributed by atoms with Crippen LogP contribution in [0, 0.1) is 0 Å². The maximum atomic E-state index is 2.50. The van der Waals surface area contributed by atoms with Gasteiger partial charge >= 0.3 is 0 Å². The Kier molecular flexibility index (Phi) is 6.89. The molecule has 1 heteroatoms. The Bertz CT molecular complexity index is 2900. The van der Waals surface area contributed by atoms with Crippen LogP contribution in [-0.4, -0.2) is 0 Å². The molecule has 10 aromatic rings. The molecule has 0 unspecified atom stereocenters. The van der Waals surface area contributed by atoms with Crippen LogP contribution < -0.4 is 4.90 Å². The summed E-state index contributed by atoms with van der Waals surface area (Å²) < 4.78 is 0. The van der Waals surface area contributed by atoms with Gasteiger partial charge in [0, 0.05) is 22.0 Å². The molecule has 0 aliphatic carbocycles. The molecule has 0 radical (unpaired) electrons. The first-order valence-corrected chi connectivity index (χ1v) is 17.6. The third-order valence-electron chi connectivity index (χ3n) is 10.4. The van der Waals surface area contributed by atoms with Crippen LogP contribution >= 0.6 is 0 Å². The summed E-state index contributed by atoms with van der Waals surface area (Å²) in [6, 6.07) is 73.1. The molecule has 0 amide bonds. The molecule has 0 fully saturated rings. The molecule has 10 aromatic carbocycles. The summed E-state index contributed by atoms with van der Waals surface area (Å²) in [5.74, 6) is 0. The molecule has 51 heavy (non-hydrogen) atoms. The van der Waals surface area contributed by atoms with E-state index in [1.165, 1.54) is 81.8 Å². The first-order chi connectivity index (χ1) is 25.3. The molecule has 0 N–H and O–H groups in total. The fourth-order valence-corrected chi connectivity index (χ4v) is 8.13. The fraction of sp³-hybridized carbons (Fsp3) is 0. The topological polar surface area (TPSA) is 3.24 Å². The molecule has 238 valence electrons. The lowest BCUT2D eigenvalue weighted by molar-refractivity contribution is 1.32. The highest BCUT2D eigenvalue weighted by molar-refractivity contribution is 6.23. The van der Waals surface area contributed by atoms with E-state index in [0.717, 1.165) is 11.4 Å². The maximum Gasteiger partial charge on any atom is 0.0625 e. The van der Waals surface area contributed by atoms with Gasteiger partial charge in [0.15, 0.2) is 0 Å². The van der Waals surface area contributed by atoms with Gasteiger partial charge in [0.25, 0.3) is 0 Å². The molecule has 0 heterocycles. The lowest BCUT2D eigenvalue weighted by Crippen LogP contribution is -2.13. The normalized spacial score (nSPS) is 11.5. The number of anilines is 3. The number of fused-ring (bicyclic) bond motifs is 7. The molecule has 0 atom stereocenters. The molecular weight excluding hydrogens is 615 g/mol. The van der Waals surface area contributed by atoms with Crippen LogP contribution in [0.5, 0.6) is 0 Å². The molecule has 0 aliphatic rings. The highest BCUT2D eigenvalue weighted by Crippen LogP contribution is 2.50. The Morgan fingerprint density at radius 2 is 0.804 bits per heavy atom. The molecule has 0 bridgehead atoms.